The maximum atomic E-state index is 13.3. The summed E-state index contributed by atoms with van der Waals surface area (Å²) in [7, 11) is 3.84. The Bertz CT molecular complexity index is 500. The summed E-state index contributed by atoms with van der Waals surface area (Å²) in [5, 5.41) is 0. The standard InChI is InChI=1S/C18H27FN2O/c1-14(18(22)21(3)17-10-5-4-6-11-17)20(2)13-15-8-7-9-16(19)12-15/h7-9,12,14,17H,4-6,10-11,13H2,1-3H3. The van der Waals surface area contributed by atoms with E-state index in [0.717, 1.165) is 18.4 Å². The Morgan fingerprint density at radius 3 is 2.59 bits per heavy atom. The fourth-order valence-corrected chi connectivity index (χ4v) is 3.19. The molecule has 1 aliphatic rings. The lowest BCUT2D eigenvalue weighted by Gasteiger charge is -2.35. The molecule has 3 nitrogen and oxygen atoms in total. The normalized spacial score (nSPS) is 17.5. The lowest BCUT2D eigenvalue weighted by atomic mass is 9.94. The van der Waals surface area contributed by atoms with Crippen LogP contribution < -0.4 is 0 Å². The van der Waals surface area contributed by atoms with Gasteiger partial charge < -0.3 is 4.90 Å². The van der Waals surface area contributed by atoms with Gasteiger partial charge in [0.25, 0.3) is 0 Å². The van der Waals surface area contributed by atoms with E-state index in [1.807, 2.05) is 36.9 Å². The molecule has 0 N–H and O–H groups in total. The average Bonchev–Trinajstić information content (AvgIpc) is 2.53. The van der Waals surface area contributed by atoms with Crippen molar-refractivity contribution in [2.45, 2.75) is 57.7 Å². The van der Waals surface area contributed by atoms with E-state index in [0.29, 0.717) is 12.6 Å². The molecule has 1 aliphatic carbocycles. The number of hydrogen-bond acceptors (Lipinski definition) is 2. The van der Waals surface area contributed by atoms with Gasteiger partial charge in [-0.1, -0.05) is 31.4 Å². The van der Waals surface area contributed by atoms with E-state index in [-0.39, 0.29) is 17.8 Å². The van der Waals surface area contributed by atoms with Crippen LogP contribution in [0.3, 0.4) is 0 Å². The highest BCUT2D eigenvalue weighted by Crippen LogP contribution is 2.22. The van der Waals surface area contributed by atoms with E-state index in [9.17, 15) is 9.18 Å². The highest BCUT2D eigenvalue weighted by atomic mass is 19.1. The Morgan fingerprint density at radius 2 is 1.95 bits per heavy atom. The minimum atomic E-state index is -0.232. The van der Waals surface area contributed by atoms with Gasteiger partial charge in [-0.3, -0.25) is 9.69 Å². The van der Waals surface area contributed by atoms with Gasteiger partial charge in [-0.05, 0) is 44.5 Å². The number of carbonyl (C=O) groups is 1. The molecule has 22 heavy (non-hydrogen) atoms. The molecule has 1 atom stereocenters. The summed E-state index contributed by atoms with van der Waals surface area (Å²) in [4.78, 5) is 16.6. The number of halogens is 1. The highest BCUT2D eigenvalue weighted by molar-refractivity contribution is 5.81. The summed E-state index contributed by atoms with van der Waals surface area (Å²) in [6, 6.07) is 6.75. The van der Waals surface area contributed by atoms with Crippen LogP contribution in [0.4, 0.5) is 4.39 Å². The predicted molar refractivity (Wildman–Crippen MR) is 87.0 cm³/mol. The fourth-order valence-electron chi connectivity index (χ4n) is 3.19. The van der Waals surface area contributed by atoms with Gasteiger partial charge in [0.1, 0.15) is 5.82 Å². The molecule has 1 saturated carbocycles. The first-order valence-corrected chi connectivity index (χ1v) is 8.20. The molecule has 0 radical (unpaired) electrons. The Hall–Kier alpha value is -1.42. The summed E-state index contributed by atoms with van der Waals surface area (Å²) < 4.78 is 13.3. The third kappa shape index (κ3) is 4.29. The van der Waals surface area contributed by atoms with Crippen LogP contribution in [0.1, 0.15) is 44.6 Å². The van der Waals surface area contributed by atoms with Crippen LogP contribution in [0.2, 0.25) is 0 Å². The second kappa shape index (κ2) is 7.73. The second-order valence-corrected chi connectivity index (χ2v) is 6.46. The van der Waals surface area contributed by atoms with E-state index >= 15 is 0 Å². The molecular formula is C18H27FN2O. The molecule has 1 fully saturated rings. The second-order valence-electron chi connectivity index (χ2n) is 6.46. The third-order valence-corrected chi connectivity index (χ3v) is 4.81. The summed E-state index contributed by atoms with van der Waals surface area (Å²) >= 11 is 0. The number of likely N-dealkylation sites (N-methyl/N-ethyl adjacent to an activating group) is 2. The molecule has 1 amide bonds. The smallest absolute Gasteiger partial charge is 0.239 e. The first kappa shape index (κ1) is 16.9. The maximum Gasteiger partial charge on any atom is 0.239 e. The Balaban J connectivity index is 1.93. The first-order chi connectivity index (χ1) is 10.5. The average molecular weight is 306 g/mol. The number of rotatable bonds is 5. The van der Waals surface area contributed by atoms with E-state index in [1.54, 1.807) is 6.07 Å². The van der Waals surface area contributed by atoms with Gasteiger partial charge in [0.2, 0.25) is 5.91 Å². The zero-order chi connectivity index (χ0) is 16.1. The van der Waals surface area contributed by atoms with Gasteiger partial charge in [0.05, 0.1) is 6.04 Å². The van der Waals surface area contributed by atoms with Crippen molar-refractivity contribution in [3.8, 4) is 0 Å². The molecule has 122 valence electrons. The van der Waals surface area contributed by atoms with Gasteiger partial charge in [-0.15, -0.1) is 0 Å². The minimum absolute atomic E-state index is 0.158. The number of carbonyl (C=O) groups excluding carboxylic acids is 1. The van der Waals surface area contributed by atoms with Gasteiger partial charge >= 0.3 is 0 Å². The zero-order valence-electron chi connectivity index (χ0n) is 13.9. The summed E-state index contributed by atoms with van der Waals surface area (Å²) in [5.41, 5.74) is 0.891. The van der Waals surface area contributed by atoms with Gasteiger partial charge in [-0.2, -0.15) is 0 Å². The van der Waals surface area contributed by atoms with E-state index in [1.165, 1.54) is 31.4 Å². The molecule has 1 unspecified atom stereocenters. The lowest BCUT2D eigenvalue weighted by molar-refractivity contribution is -0.137. The predicted octanol–water partition coefficient (Wildman–Crippen LogP) is 3.44. The lowest BCUT2D eigenvalue weighted by Crippen LogP contribution is -2.48. The van der Waals surface area contributed by atoms with Crippen molar-refractivity contribution in [1.82, 2.24) is 9.80 Å². The van der Waals surface area contributed by atoms with Crippen molar-refractivity contribution >= 4 is 5.91 Å². The van der Waals surface area contributed by atoms with Crippen molar-refractivity contribution < 1.29 is 9.18 Å². The van der Waals surface area contributed by atoms with Crippen LogP contribution in [0.15, 0.2) is 24.3 Å². The van der Waals surface area contributed by atoms with Crippen LogP contribution in [-0.2, 0) is 11.3 Å². The topological polar surface area (TPSA) is 23.6 Å². The van der Waals surface area contributed by atoms with E-state index in [2.05, 4.69) is 0 Å². The van der Waals surface area contributed by atoms with Crippen LogP contribution in [0.25, 0.3) is 0 Å². The molecule has 0 spiro atoms. The van der Waals surface area contributed by atoms with Crippen molar-refractivity contribution in [3.63, 3.8) is 0 Å². The van der Waals surface area contributed by atoms with Crippen molar-refractivity contribution in [1.29, 1.82) is 0 Å². The number of hydrogen-bond donors (Lipinski definition) is 0. The van der Waals surface area contributed by atoms with Gasteiger partial charge in [-0.25, -0.2) is 4.39 Å². The molecular weight excluding hydrogens is 279 g/mol. The van der Waals surface area contributed by atoms with E-state index < -0.39 is 0 Å². The molecule has 4 heteroatoms. The molecule has 0 bridgehead atoms. The summed E-state index contributed by atoms with van der Waals surface area (Å²) in [6.07, 6.45) is 5.95. The van der Waals surface area contributed by atoms with Crippen LogP contribution in [0.5, 0.6) is 0 Å². The van der Waals surface area contributed by atoms with Crippen molar-refractivity contribution in [2.75, 3.05) is 14.1 Å². The number of nitrogens with zero attached hydrogens (tertiary/aromatic N) is 2. The minimum Gasteiger partial charge on any atom is -0.341 e. The maximum absolute atomic E-state index is 13.3. The molecule has 0 heterocycles. The van der Waals surface area contributed by atoms with Crippen LogP contribution in [0, 0.1) is 5.82 Å². The van der Waals surface area contributed by atoms with Gasteiger partial charge in [0.15, 0.2) is 0 Å². The molecule has 0 aliphatic heterocycles. The summed E-state index contributed by atoms with van der Waals surface area (Å²) in [5.74, 6) is -0.0741. The number of amides is 1. The first-order valence-electron chi connectivity index (χ1n) is 8.20. The highest BCUT2D eigenvalue weighted by Gasteiger charge is 2.27. The Kier molecular flexibility index (Phi) is 5.95. The van der Waals surface area contributed by atoms with Crippen LogP contribution in [-0.4, -0.2) is 41.9 Å². The van der Waals surface area contributed by atoms with Crippen LogP contribution >= 0.6 is 0 Å². The molecule has 1 aromatic carbocycles. The molecule has 2 rings (SSSR count). The van der Waals surface area contributed by atoms with Crippen molar-refractivity contribution in [2.24, 2.45) is 0 Å². The molecule has 1 aromatic rings. The van der Waals surface area contributed by atoms with Crippen molar-refractivity contribution in [3.05, 3.63) is 35.6 Å². The Labute approximate surface area is 133 Å². The third-order valence-electron chi connectivity index (χ3n) is 4.81. The monoisotopic (exact) mass is 306 g/mol. The van der Waals surface area contributed by atoms with Gasteiger partial charge in [0, 0.05) is 19.6 Å². The fraction of sp³-hybridized carbons (Fsp3) is 0.611. The quantitative estimate of drug-likeness (QED) is 0.832. The zero-order valence-corrected chi connectivity index (χ0v) is 13.9. The largest absolute Gasteiger partial charge is 0.341 e. The number of benzene rings is 1. The summed E-state index contributed by atoms with van der Waals surface area (Å²) in [6.45, 7) is 2.50. The molecule has 0 aromatic heterocycles. The Morgan fingerprint density at radius 1 is 1.27 bits per heavy atom. The van der Waals surface area contributed by atoms with E-state index in [4.69, 9.17) is 0 Å². The molecule has 0 saturated heterocycles. The SMILES string of the molecule is CC(C(=O)N(C)C1CCCCC1)N(C)Cc1cccc(F)c1.